The van der Waals surface area contributed by atoms with Crippen LogP contribution in [0.4, 0.5) is 11.6 Å². The number of hydrogen-bond donors (Lipinski definition) is 2. The fraction of sp³-hybridized carbons (Fsp3) is 0.200. The summed E-state index contributed by atoms with van der Waals surface area (Å²) in [6, 6.07) is 5.73. The zero-order valence-corrected chi connectivity index (χ0v) is 12.6. The van der Waals surface area contributed by atoms with Crippen molar-refractivity contribution in [2.45, 2.75) is 13.8 Å². The first-order chi connectivity index (χ1) is 10.7. The second-order valence-corrected chi connectivity index (χ2v) is 4.85. The molecule has 0 aliphatic carbocycles. The molecule has 7 heteroatoms. The lowest BCUT2D eigenvalue weighted by atomic mass is 10.2. The average Bonchev–Trinajstić information content (AvgIpc) is 2.95. The molecule has 22 heavy (non-hydrogen) atoms. The largest absolute Gasteiger partial charge is 0.480 e. The van der Waals surface area contributed by atoms with Crippen molar-refractivity contribution in [2.75, 3.05) is 12.4 Å². The highest BCUT2D eigenvalue weighted by atomic mass is 16.5. The lowest BCUT2D eigenvalue weighted by Gasteiger charge is -2.05. The maximum Gasteiger partial charge on any atom is 0.222 e. The van der Waals surface area contributed by atoms with Gasteiger partial charge in [0.1, 0.15) is 11.6 Å². The summed E-state index contributed by atoms with van der Waals surface area (Å²) in [4.78, 5) is 12.8. The second-order valence-electron chi connectivity index (χ2n) is 4.85. The molecule has 0 amide bonds. The van der Waals surface area contributed by atoms with Crippen LogP contribution in [-0.4, -0.2) is 32.3 Å². The summed E-state index contributed by atoms with van der Waals surface area (Å²) in [5.74, 6) is 1.93. The Balaban J connectivity index is 1.88. The van der Waals surface area contributed by atoms with E-state index in [1.54, 1.807) is 19.5 Å². The van der Waals surface area contributed by atoms with Gasteiger partial charge in [0.15, 0.2) is 0 Å². The van der Waals surface area contributed by atoms with E-state index in [9.17, 15) is 0 Å². The number of aromatic nitrogens is 5. The number of ether oxygens (including phenoxy) is 1. The fourth-order valence-corrected chi connectivity index (χ4v) is 2.07. The molecule has 0 radical (unpaired) electrons. The van der Waals surface area contributed by atoms with Crippen molar-refractivity contribution in [1.82, 2.24) is 25.1 Å². The zero-order valence-electron chi connectivity index (χ0n) is 12.6. The minimum absolute atomic E-state index is 0.549. The summed E-state index contributed by atoms with van der Waals surface area (Å²) in [6.07, 6.45) is 3.36. The molecule has 0 bridgehead atoms. The molecule has 0 atom stereocenters. The Hall–Kier alpha value is -2.96. The molecule has 2 N–H and O–H groups in total. The lowest BCUT2D eigenvalue weighted by molar-refractivity contribution is 0.398. The van der Waals surface area contributed by atoms with Crippen molar-refractivity contribution >= 4 is 11.6 Å². The van der Waals surface area contributed by atoms with Crippen LogP contribution in [0.3, 0.4) is 0 Å². The van der Waals surface area contributed by atoms with Crippen LogP contribution in [0.25, 0.3) is 11.3 Å². The maximum atomic E-state index is 5.32. The molecule has 0 saturated carbocycles. The van der Waals surface area contributed by atoms with Gasteiger partial charge in [-0.25, -0.2) is 9.97 Å². The van der Waals surface area contributed by atoms with Crippen molar-refractivity contribution in [3.8, 4) is 17.1 Å². The third kappa shape index (κ3) is 2.88. The van der Waals surface area contributed by atoms with Gasteiger partial charge in [-0.15, -0.1) is 0 Å². The van der Waals surface area contributed by atoms with Crippen LogP contribution in [0.15, 0.2) is 30.6 Å². The molecular weight excluding hydrogens is 280 g/mol. The third-order valence-electron chi connectivity index (χ3n) is 3.06. The highest BCUT2D eigenvalue weighted by Crippen LogP contribution is 2.28. The summed E-state index contributed by atoms with van der Waals surface area (Å²) in [7, 11) is 1.60. The van der Waals surface area contributed by atoms with E-state index < -0.39 is 0 Å². The Labute approximate surface area is 127 Å². The van der Waals surface area contributed by atoms with Gasteiger partial charge < -0.3 is 10.1 Å². The van der Waals surface area contributed by atoms with E-state index in [0.717, 1.165) is 28.5 Å². The normalized spacial score (nSPS) is 10.5. The number of rotatable bonds is 4. The van der Waals surface area contributed by atoms with E-state index in [1.807, 2.05) is 32.0 Å². The number of aromatic amines is 1. The van der Waals surface area contributed by atoms with E-state index >= 15 is 0 Å². The minimum Gasteiger partial charge on any atom is -0.480 e. The number of methoxy groups -OCH3 is 1. The first-order valence-electron chi connectivity index (χ1n) is 6.79. The number of pyridine rings is 1. The van der Waals surface area contributed by atoms with Gasteiger partial charge in [0.2, 0.25) is 5.88 Å². The average molecular weight is 296 g/mol. The SMILES string of the molecule is COc1nc(C)ccc1-c1cc(Nc2cncc(C)n2)[nH]n1. The molecule has 0 aromatic carbocycles. The third-order valence-corrected chi connectivity index (χ3v) is 3.06. The van der Waals surface area contributed by atoms with Gasteiger partial charge in [0.25, 0.3) is 0 Å². The van der Waals surface area contributed by atoms with Crippen molar-refractivity contribution in [3.05, 3.63) is 42.0 Å². The number of nitrogens with zero attached hydrogens (tertiary/aromatic N) is 4. The quantitative estimate of drug-likeness (QED) is 0.769. The first-order valence-corrected chi connectivity index (χ1v) is 6.79. The van der Waals surface area contributed by atoms with Crippen molar-refractivity contribution in [2.24, 2.45) is 0 Å². The monoisotopic (exact) mass is 296 g/mol. The van der Waals surface area contributed by atoms with Gasteiger partial charge in [0.05, 0.1) is 30.3 Å². The number of H-pyrrole nitrogens is 1. The number of aryl methyl sites for hydroxylation is 2. The van der Waals surface area contributed by atoms with Gasteiger partial charge in [-0.05, 0) is 26.0 Å². The molecule has 0 aliphatic rings. The van der Waals surface area contributed by atoms with Crippen LogP contribution in [0, 0.1) is 13.8 Å². The van der Waals surface area contributed by atoms with Crippen molar-refractivity contribution in [1.29, 1.82) is 0 Å². The fourth-order valence-electron chi connectivity index (χ4n) is 2.07. The molecular formula is C15H16N6O. The molecule has 3 aromatic rings. The minimum atomic E-state index is 0.549. The van der Waals surface area contributed by atoms with Crippen molar-refractivity contribution < 1.29 is 4.74 Å². The van der Waals surface area contributed by atoms with Crippen LogP contribution in [0.1, 0.15) is 11.4 Å². The van der Waals surface area contributed by atoms with Gasteiger partial charge in [0, 0.05) is 18.0 Å². The molecule has 0 fully saturated rings. The number of hydrogen-bond acceptors (Lipinski definition) is 6. The molecule has 7 nitrogen and oxygen atoms in total. The number of nitrogens with one attached hydrogen (secondary N) is 2. The predicted molar refractivity (Wildman–Crippen MR) is 83.2 cm³/mol. The summed E-state index contributed by atoms with van der Waals surface area (Å²) < 4.78 is 5.32. The van der Waals surface area contributed by atoms with Gasteiger partial charge >= 0.3 is 0 Å². The van der Waals surface area contributed by atoms with E-state index in [2.05, 4.69) is 30.5 Å². The van der Waals surface area contributed by atoms with Gasteiger partial charge in [-0.1, -0.05) is 0 Å². The van der Waals surface area contributed by atoms with Crippen LogP contribution in [0.2, 0.25) is 0 Å². The zero-order chi connectivity index (χ0) is 15.5. The molecule has 0 unspecified atom stereocenters. The van der Waals surface area contributed by atoms with E-state index in [0.29, 0.717) is 11.7 Å². The molecule has 3 aromatic heterocycles. The van der Waals surface area contributed by atoms with Crippen LogP contribution >= 0.6 is 0 Å². The predicted octanol–water partition coefficient (Wildman–Crippen LogP) is 2.63. The standard InChI is InChI=1S/C15H16N6O/c1-9-4-5-11(15(18-9)22-3)12-6-13(21-20-12)19-14-8-16-7-10(2)17-14/h4-8H,1-3H3,(H2,17,19,20,21). The van der Waals surface area contributed by atoms with Gasteiger partial charge in [-0.2, -0.15) is 5.10 Å². The molecule has 0 aliphatic heterocycles. The Morgan fingerprint density at radius 1 is 1.09 bits per heavy atom. The Kier molecular flexibility index (Phi) is 3.69. The Bertz CT molecular complexity index is 798. The summed E-state index contributed by atoms with van der Waals surface area (Å²) in [5, 5.41) is 10.3. The Morgan fingerprint density at radius 2 is 1.95 bits per heavy atom. The number of anilines is 2. The second kappa shape index (κ2) is 5.80. The van der Waals surface area contributed by atoms with Crippen molar-refractivity contribution in [3.63, 3.8) is 0 Å². The topological polar surface area (TPSA) is 88.6 Å². The molecule has 112 valence electrons. The molecule has 3 rings (SSSR count). The maximum absolute atomic E-state index is 5.32. The molecule has 0 spiro atoms. The Morgan fingerprint density at radius 3 is 2.73 bits per heavy atom. The lowest BCUT2D eigenvalue weighted by Crippen LogP contribution is -1.95. The highest BCUT2D eigenvalue weighted by Gasteiger charge is 2.11. The highest BCUT2D eigenvalue weighted by molar-refractivity contribution is 5.69. The van der Waals surface area contributed by atoms with Crippen LogP contribution in [-0.2, 0) is 0 Å². The summed E-state index contributed by atoms with van der Waals surface area (Å²) in [5.41, 5.74) is 3.30. The smallest absolute Gasteiger partial charge is 0.222 e. The van der Waals surface area contributed by atoms with E-state index in [4.69, 9.17) is 4.74 Å². The molecule has 3 heterocycles. The van der Waals surface area contributed by atoms with Crippen LogP contribution in [0.5, 0.6) is 5.88 Å². The first kappa shape index (κ1) is 14.0. The summed E-state index contributed by atoms with van der Waals surface area (Å²) >= 11 is 0. The van der Waals surface area contributed by atoms with E-state index in [1.165, 1.54) is 0 Å². The van der Waals surface area contributed by atoms with Gasteiger partial charge in [-0.3, -0.25) is 10.1 Å². The summed E-state index contributed by atoms with van der Waals surface area (Å²) in [6.45, 7) is 3.81. The van der Waals surface area contributed by atoms with Crippen LogP contribution < -0.4 is 10.1 Å². The molecule has 0 saturated heterocycles. The van der Waals surface area contributed by atoms with E-state index in [-0.39, 0.29) is 0 Å².